The molecule has 0 bridgehead atoms. The zero-order chi connectivity index (χ0) is 12.4. The highest BCUT2D eigenvalue weighted by Crippen LogP contribution is 2.29. The number of carbonyl (C=O) groups excluding carboxylic acids is 1. The summed E-state index contributed by atoms with van der Waals surface area (Å²) in [6.45, 7) is 3.32. The van der Waals surface area contributed by atoms with Crippen molar-refractivity contribution in [3.05, 3.63) is 29.0 Å². The summed E-state index contributed by atoms with van der Waals surface area (Å²) in [4.78, 5) is 13.7. The normalized spacial score (nSPS) is 20.1. The van der Waals surface area contributed by atoms with E-state index in [1.54, 1.807) is 11.0 Å². The van der Waals surface area contributed by atoms with E-state index in [4.69, 9.17) is 11.6 Å². The van der Waals surface area contributed by atoms with Gasteiger partial charge in [-0.05, 0) is 31.2 Å². The van der Waals surface area contributed by atoms with Crippen LogP contribution in [0.2, 0.25) is 5.02 Å². The number of carbonyl (C=O) groups is 1. The summed E-state index contributed by atoms with van der Waals surface area (Å²) >= 11 is 5.95. The molecule has 1 aliphatic heterocycles. The van der Waals surface area contributed by atoms with E-state index in [0.717, 1.165) is 13.0 Å². The monoisotopic (exact) mass is 256 g/mol. The van der Waals surface area contributed by atoms with Crippen molar-refractivity contribution in [2.75, 3.05) is 18.0 Å². The van der Waals surface area contributed by atoms with Gasteiger partial charge in [-0.15, -0.1) is 0 Å². The van der Waals surface area contributed by atoms with Crippen molar-refractivity contribution >= 4 is 23.2 Å². The maximum absolute atomic E-state index is 12.9. The van der Waals surface area contributed by atoms with Gasteiger partial charge in [0, 0.05) is 6.54 Å². The lowest BCUT2D eigenvalue weighted by atomic mass is 10.2. The molecule has 1 fully saturated rings. The smallest absolute Gasteiger partial charge is 0.244 e. The van der Waals surface area contributed by atoms with Crippen LogP contribution in [-0.4, -0.2) is 25.0 Å². The highest BCUT2D eigenvalue weighted by atomic mass is 35.5. The molecule has 1 aromatic carbocycles. The van der Waals surface area contributed by atoms with E-state index < -0.39 is 5.82 Å². The van der Waals surface area contributed by atoms with E-state index in [9.17, 15) is 9.18 Å². The van der Waals surface area contributed by atoms with E-state index in [2.05, 4.69) is 5.32 Å². The number of nitrogens with zero attached hydrogens (tertiary/aromatic N) is 1. The molecule has 1 unspecified atom stereocenters. The number of likely N-dealkylation sites (N-methyl/N-ethyl adjacent to an activating group) is 1. The summed E-state index contributed by atoms with van der Waals surface area (Å²) in [5.74, 6) is -0.394. The van der Waals surface area contributed by atoms with Crippen LogP contribution >= 0.6 is 11.6 Å². The average molecular weight is 257 g/mol. The Kier molecular flexibility index (Phi) is 3.64. The summed E-state index contributed by atoms with van der Waals surface area (Å²) in [6, 6.07) is 3.94. The first-order valence-electron chi connectivity index (χ1n) is 5.63. The van der Waals surface area contributed by atoms with Crippen molar-refractivity contribution in [3.8, 4) is 0 Å². The summed E-state index contributed by atoms with van der Waals surface area (Å²) in [6.07, 6.45) is 0.750. The summed E-state index contributed by atoms with van der Waals surface area (Å²) < 4.78 is 12.9. The molecule has 0 radical (unpaired) electrons. The van der Waals surface area contributed by atoms with Crippen molar-refractivity contribution in [1.82, 2.24) is 5.32 Å². The molecule has 1 amide bonds. The second-order valence-corrected chi connectivity index (χ2v) is 4.39. The van der Waals surface area contributed by atoms with Crippen LogP contribution in [0.4, 0.5) is 10.1 Å². The molecule has 2 rings (SSSR count). The fraction of sp³-hybridized carbons (Fsp3) is 0.417. The molecule has 0 saturated carbocycles. The van der Waals surface area contributed by atoms with Gasteiger partial charge < -0.3 is 10.2 Å². The number of amides is 1. The van der Waals surface area contributed by atoms with E-state index in [1.165, 1.54) is 12.1 Å². The Morgan fingerprint density at radius 2 is 2.35 bits per heavy atom. The molecule has 0 aliphatic carbocycles. The van der Waals surface area contributed by atoms with Crippen LogP contribution < -0.4 is 10.2 Å². The first-order valence-corrected chi connectivity index (χ1v) is 6.01. The third-order valence-corrected chi connectivity index (χ3v) is 3.16. The van der Waals surface area contributed by atoms with Gasteiger partial charge in [0.1, 0.15) is 5.82 Å². The minimum atomic E-state index is -0.395. The lowest BCUT2D eigenvalue weighted by Crippen LogP contribution is -2.38. The molecule has 3 nitrogen and oxygen atoms in total. The fourth-order valence-corrected chi connectivity index (χ4v) is 2.32. The Labute approximate surface area is 105 Å². The Morgan fingerprint density at radius 3 is 3.00 bits per heavy atom. The van der Waals surface area contributed by atoms with Crippen LogP contribution in [0.5, 0.6) is 0 Å². The second-order valence-electron chi connectivity index (χ2n) is 3.98. The molecule has 1 atom stereocenters. The SMILES string of the molecule is CCNC1CCN(c2ccc(F)cc2Cl)C1=O. The molecule has 0 aromatic heterocycles. The zero-order valence-electron chi connectivity index (χ0n) is 9.54. The second kappa shape index (κ2) is 5.02. The van der Waals surface area contributed by atoms with Crippen molar-refractivity contribution in [2.24, 2.45) is 0 Å². The van der Waals surface area contributed by atoms with Gasteiger partial charge in [-0.2, -0.15) is 0 Å². The third-order valence-electron chi connectivity index (χ3n) is 2.86. The largest absolute Gasteiger partial charge is 0.310 e. The number of anilines is 1. The quantitative estimate of drug-likeness (QED) is 0.899. The Bertz CT molecular complexity index is 439. The van der Waals surface area contributed by atoms with Crippen molar-refractivity contribution in [1.29, 1.82) is 0 Å². The number of hydrogen-bond acceptors (Lipinski definition) is 2. The maximum atomic E-state index is 12.9. The van der Waals surface area contributed by atoms with Gasteiger partial charge in [-0.25, -0.2) is 4.39 Å². The molecule has 1 N–H and O–H groups in total. The van der Waals surface area contributed by atoms with Crippen LogP contribution in [0.25, 0.3) is 0 Å². The summed E-state index contributed by atoms with van der Waals surface area (Å²) in [5.41, 5.74) is 0.582. The van der Waals surface area contributed by atoms with Gasteiger partial charge in [-0.1, -0.05) is 18.5 Å². The van der Waals surface area contributed by atoms with Gasteiger partial charge in [0.2, 0.25) is 5.91 Å². The number of halogens is 2. The van der Waals surface area contributed by atoms with Crippen molar-refractivity contribution in [3.63, 3.8) is 0 Å². The van der Waals surface area contributed by atoms with Crippen LogP contribution in [0.15, 0.2) is 18.2 Å². The van der Waals surface area contributed by atoms with Crippen LogP contribution in [-0.2, 0) is 4.79 Å². The minimum absolute atomic E-state index is 0.000332. The van der Waals surface area contributed by atoms with E-state index in [1.807, 2.05) is 6.92 Å². The Balaban J connectivity index is 2.21. The van der Waals surface area contributed by atoms with Gasteiger partial charge >= 0.3 is 0 Å². The predicted octanol–water partition coefficient (Wildman–Crippen LogP) is 2.19. The summed E-state index contributed by atoms with van der Waals surface area (Å²) in [7, 11) is 0. The average Bonchev–Trinajstić information content (AvgIpc) is 2.62. The molecule has 1 heterocycles. The molecule has 5 heteroatoms. The van der Waals surface area contributed by atoms with Gasteiger partial charge in [0.15, 0.2) is 0 Å². The maximum Gasteiger partial charge on any atom is 0.244 e. The Morgan fingerprint density at radius 1 is 1.59 bits per heavy atom. The van der Waals surface area contributed by atoms with Gasteiger partial charge in [0.25, 0.3) is 0 Å². The predicted molar refractivity (Wildman–Crippen MR) is 65.8 cm³/mol. The van der Waals surface area contributed by atoms with Gasteiger partial charge in [-0.3, -0.25) is 4.79 Å². The molecular weight excluding hydrogens is 243 g/mol. The first-order chi connectivity index (χ1) is 8.13. The number of benzene rings is 1. The fourth-order valence-electron chi connectivity index (χ4n) is 2.06. The van der Waals surface area contributed by atoms with Crippen LogP contribution in [0.1, 0.15) is 13.3 Å². The van der Waals surface area contributed by atoms with Crippen molar-refractivity contribution in [2.45, 2.75) is 19.4 Å². The standard InChI is InChI=1S/C12H14ClFN2O/c1-2-15-10-5-6-16(12(10)17)11-4-3-8(14)7-9(11)13/h3-4,7,10,15H,2,5-6H2,1H3. The zero-order valence-corrected chi connectivity index (χ0v) is 10.3. The molecule has 1 aliphatic rings. The Hall–Kier alpha value is -1.13. The number of hydrogen-bond donors (Lipinski definition) is 1. The van der Waals surface area contributed by atoms with Crippen LogP contribution in [0, 0.1) is 5.82 Å². The number of rotatable bonds is 3. The molecule has 1 saturated heterocycles. The lowest BCUT2D eigenvalue weighted by Gasteiger charge is -2.18. The van der Waals surface area contributed by atoms with E-state index in [0.29, 0.717) is 12.2 Å². The molecule has 0 spiro atoms. The topological polar surface area (TPSA) is 32.3 Å². The first kappa shape index (κ1) is 12.3. The van der Waals surface area contributed by atoms with Crippen molar-refractivity contribution < 1.29 is 9.18 Å². The number of nitrogens with one attached hydrogen (secondary N) is 1. The minimum Gasteiger partial charge on any atom is -0.310 e. The molecule has 1 aromatic rings. The van der Waals surface area contributed by atoms with E-state index >= 15 is 0 Å². The molecular formula is C12H14ClFN2O. The summed E-state index contributed by atoms with van der Waals surface area (Å²) in [5, 5.41) is 3.39. The lowest BCUT2D eigenvalue weighted by molar-refractivity contribution is -0.118. The van der Waals surface area contributed by atoms with E-state index in [-0.39, 0.29) is 17.0 Å². The van der Waals surface area contributed by atoms with Gasteiger partial charge in [0.05, 0.1) is 16.8 Å². The highest BCUT2D eigenvalue weighted by molar-refractivity contribution is 6.34. The third kappa shape index (κ3) is 2.42. The van der Waals surface area contributed by atoms with Crippen LogP contribution in [0.3, 0.4) is 0 Å². The highest BCUT2D eigenvalue weighted by Gasteiger charge is 2.32. The molecule has 17 heavy (non-hydrogen) atoms. The molecule has 92 valence electrons.